The number of nitrogens with zero attached hydrogens (tertiary/aromatic N) is 2. The Labute approximate surface area is 169 Å². The summed E-state index contributed by atoms with van der Waals surface area (Å²) < 4.78 is 14.3. The summed E-state index contributed by atoms with van der Waals surface area (Å²) in [7, 11) is 1.64. The van der Waals surface area contributed by atoms with Crippen LogP contribution in [-0.2, 0) is 17.9 Å². The highest BCUT2D eigenvalue weighted by atomic mass is 16.5. The molecule has 0 saturated carbocycles. The van der Waals surface area contributed by atoms with Gasteiger partial charge in [0.1, 0.15) is 11.3 Å². The third kappa shape index (κ3) is 3.46. The molecule has 0 amide bonds. The summed E-state index contributed by atoms with van der Waals surface area (Å²) in [6, 6.07) is 13.8. The molecule has 0 spiro atoms. The Kier molecular flexibility index (Phi) is 5.01. The molecule has 0 unspecified atom stereocenters. The van der Waals surface area contributed by atoms with Gasteiger partial charge in [-0.3, -0.25) is 14.3 Å². The lowest BCUT2D eigenvalue weighted by molar-refractivity contribution is -0.132. The van der Waals surface area contributed by atoms with Gasteiger partial charge in [-0.15, -0.1) is 0 Å². The van der Waals surface area contributed by atoms with Crippen molar-refractivity contribution in [3.63, 3.8) is 0 Å². The molecule has 1 aliphatic rings. The van der Waals surface area contributed by atoms with Crippen molar-refractivity contribution in [3.8, 4) is 33.9 Å². The second-order valence-electron chi connectivity index (χ2n) is 7.29. The van der Waals surface area contributed by atoms with Gasteiger partial charge in [0.25, 0.3) is 5.56 Å². The molecule has 1 aromatic heterocycles. The normalized spacial score (nSPS) is 13.1. The number of benzene rings is 2. The Morgan fingerprint density at radius 2 is 1.62 bits per heavy atom. The average molecular weight is 392 g/mol. The molecule has 150 valence electrons. The number of esters is 1. The van der Waals surface area contributed by atoms with Crippen molar-refractivity contribution < 1.29 is 14.3 Å². The lowest BCUT2D eigenvalue weighted by Gasteiger charge is -2.18. The van der Waals surface area contributed by atoms with Crippen LogP contribution in [-0.4, -0.2) is 22.4 Å². The molecule has 2 aromatic carbocycles. The van der Waals surface area contributed by atoms with Crippen LogP contribution in [0.1, 0.15) is 25.3 Å². The molecule has 3 aromatic rings. The summed E-state index contributed by atoms with van der Waals surface area (Å²) in [6.07, 6.45) is 1.89. The van der Waals surface area contributed by atoms with Gasteiger partial charge in [0, 0.05) is 20.0 Å². The van der Waals surface area contributed by atoms with Crippen LogP contribution in [0.25, 0.3) is 22.3 Å². The van der Waals surface area contributed by atoms with Gasteiger partial charge in [-0.2, -0.15) is 0 Å². The van der Waals surface area contributed by atoms with Crippen LogP contribution in [0.15, 0.2) is 47.3 Å². The molecule has 0 bridgehead atoms. The topological polar surface area (TPSA) is 62.5 Å². The lowest BCUT2D eigenvalue weighted by atomic mass is 9.96. The van der Waals surface area contributed by atoms with E-state index in [1.54, 1.807) is 11.8 Å². The summed E-state index contributed by atoms with van der Waals surface area (Å²) in [4.78, 5) is 25.0. The van der Waals surface area contributed by atoms with E-state index >= 15 is 0 Å². The number of carbonyl (C=O) groups is 1. The first-order valence-corrected chi connectivity index (χ1v) is 9.77. The highest BCUT2D eigenvalue weighted by Gasteiger charge is 2.26. The third-order valence-corrected chi connectivity index (χ3v) is 5.35. The molecule has 0 aliphatic carbocycles. The Balaban J connectivity index is 1.89. The standard InChI is InChI=1S/C23H24N2O4/c1-15-6-7-18(17-8-10-19(28-3)11-9-17)14-20(15)21-22(27)24-12-4-5-13-25(24)23(21)29-16(2)26/h6-11,14H,4-5,12-13H2,1-3H3. The summed E-state index contributed by atoms with van der Waals surface area (Å²) in [6.45, 7) is 4.62. The van der Waals surface area contributed by atoms with Gasteiger partial charge in [-0.25, -0.2) is 4.68 Å². The zero-order valence-electron chi connectivity index (χ0n) is 16.9. The number of aryl methyl sites for hydroxylation is 1. The monoisotopic (exact) mass is 392 g/mol. The first-order chi connectivity index (χ1) is 14.0. The molecule has 6 heteroatoms. The van der Waals surface area contributed by atoms with E-state index in [1.165, 1.54) is 6.92 Å². The Bertz CT molecular complexity index is 1120. The number of fused-ring (bicyclic) bond motifs is 1. The van der Waals surface area contributed by atoms with Crippen LogP contribution >= 0.6 is 0 Å². The maximum absolute atomic E-state index is 13.2. The molecule has 0 N–H and O–H groups in total. The predicted molar refractivity (Wildman–Crippen MR) is 111 cm³/mol. The van der Waals surface area contributed by atoms with E-state index in [4.69, 9.17) is 9.47 Å². The van der Waals surface area contributed by atoms with E-state index in [2.05, 4.69) is 0 Å². The van der Waals surface area contributed by atoms with Gasteiger partial charge < -0.3 is 9.47 Å². The zero-order valence-corrected chi connectivity index (χ0v) is 16.9. The van der Waals surface area contributed by atoms with Gasteiger partial charge in [0.05, 0.1) is 7.11 Å². The largest absolute Gasteiger partial charge is 0.497 e. The van der Waals surface area contributed by atoms with Gasteiger partial charge in [0.2, 0.25) is 5.88 Å². The van der Waals surface area contributed by atoms with Crippen LogP contribution in [0.5, 0.6) is 11.6 Å². The van der Waals surface area contributed by atoms with E-state index in [0.29, 0.717) is 24.5 Å². The van der Waals surface area contributed by atoms with E-state index < -0.39 is 5.97 Å². The molecule has 0 radical (unpaired) electrons. The lowest BCUT2D eigenvalue weighted by Crippen LogP contribution is -2.27. The van der Waals surface area contributed by atoms with Crippen LogP contribution < -0.4 is 15.0 Å². The molecule has 29 heavy (non-hydrogen) atoms. The SMILES string of the molecule is COc1ccc(-c2ccc(C)c(-c3c(OC(C)=O)n4n(c3=O)CCCC4)c2)cc1. The number of hydrogen-bond donors (Lipinski definition) is 0. The first kappa shape index (κ1) is 19.1. The second-order valence-corrected chi connectivity index (χ2v) is 7.29. The van der Waals surface area contributed by atoms with Crippen molar-refractivity contribution in [1.29, 1.82) is 0 Å². The fourth-order valence-electron chi connectivity index (χ4n) is 3.86. The van der Waals surface area contributed by atoms with Crippen LogP contribution in [0.4, 0.5) is 0 Å². The van der Waals surface area contributed by atoms with Gasteiger partial charge in [-0.1, -0.05) is 24.3 Å². The molecule has 4 rings (SSSR count). The minimum atomic E-state index is -0.429. The predicted octanol–water partition coefficient (Wildman–Crippen LogP) is 4.02. The molecule has 6 nitrogen and oxygen atoms in total. The number of hydrogen-bond acceptors (Lipinski definition) is 4. The highest BCUT2D eigenvalue weighted by Crippen LogP contribution is 2.35. The molecule has 0 atom stereocenters. The van der Waals surface area contributed by atoms with Crippen molar-refractivity contribution in [2.75, 3.05) is 7.11 Å². The molecular formula is C23H24N2O4. The second kappa shape index (κ2) is 7.62. The van der Waals surface area contributed by atoms with Gasteiger partial charge in [0.15, 0.2) is 0 Å². The van der Waals surface area contributed by atoms with Crippen molar-refractivity contribution in [2.45, 2.75) is 39.8 Å². The summed E-state index contributed by atoms with van der Waals surface area (Å²) in [5.41, 5.74) is 4.08. The quantitative estimate of drug-likeness (QED) is 0.629. The smallest absolute Gasteiger partial charge is 0.309 e. The van der Waals surface area contributed by atoms with E-state index in [1.807, 2.05) is 54.1 Å². The maximum atomic E-state index is 13.2. The molecule has 0 saturated heterocycles. The van der Waals surface area contributed by atoms with Crippen molar-refractivity contribution in [3.05, 3.63) is 58.4 Å². The van der Waals surface area contributed by atoms with Gasteiger partial charge >= 0.3 is 5.97 Å². The maximum Gasteiger partial charge on any atom is 0.309 e. The molecule has 1 aliphatic heterocycles. The summed E-state index contributed by atoms with van der Waals surface area (Å²) >= 11 is 0. The third-order valence-electron chi connectivity index (χ3n) is 5.35. The molecular weight excluding hydrogens is 368 g/mol. The number of rotatable bonds is 4. The van der Waals surface area contributed by atoms with Crippen LogP contribution in [0.3, 0.4) is 0 Å². The fourth-order valence-corrected chi connectivity index (χ4v) is 3.86. The minimum Gasteiger partial charge on any atom is -0.497 e. The summed E-state index contributed by atoms with van der Waals surface area (Å²) in [5, 5.41) is 0. The first-order valence-electron chi connectivity index (χ1n) is 9.77. The van der Waals surface area contributed by atoms with E-state index in [0.717, 1.165) is 40.8 Å². The van der Waals surface area contributed by atoms with E-state index in [-0.39, 0.29) is 5.56 Å². The Morgan fingerprint density at radius 1 is 0.966 bits per heavy atom. The number of aromatic nitrogens is 2. The number of carbonyl (C=O) groups excluding carboxylic acids is 1. The molecule has 0 fully saturated rings. The molecule has 2 heterocycles. The van der Waals surface area contributed by atoms with Crippen molar-refractivity contribution in [2.24, 2.45) is 0 Å². The van der Waals surface area contributed by atoms with Crippen molar-refractivity contribution >= 4 is 5.97 Å². The Hall–Kier alpha value is -3.28. The highest BCUT2D eigenvalue weighted by molar-refractivity contribution is 5.80. The van der Waals surface area contributed by atoms with Crippen LogP contribution in [0, 0.1) is 6.92 Å². The van der Waals surface area contributed by atoms with E-state index in [9.17, 15) is 9.59 Å². The minimum absolute atomic E-state index is 0.115. The number of methoxy groups -OCH3 is 1. The fraction of sp³-hybridized carbons (Fsp3) is 0.304. The zero-order chi connectivity index (χ0) is 20.5. The Morgan fingerprint density at radius 3 is 2.28 bits per heavy atom. The summed E-state index contributed by atoms with van der Waals surface area (Å²) in [5.74, 6) is 0.704. The van der Waals surface area contributed by atoms with Crippen molar-refractivity contribution in [1.82, 2.24) is 9.36 Å². The number of ether oxygens (including phenoxy) is 2. The van der Waals surface area contributed by atoms with Crippen LogP contribution in [0.2, 0.25) is 0 Å². The average Bonchev–Trinajstić information content (AvgIpc) is 3.00. The van der Waals surface area contributed by atoms with Gasteiger partial charge in [-0.05, 0) is 60.2 Å².